The molecule has 0 spiro atoms. The fraction of sp³-hybridized carbons (Fsp3) is 0.192. The van der Waals surface area contributed by atoms with E-state index in [0.29, 0.717) is 27.2 Å². The Kier molecular flexibility index (Phi) is 8.92. The number of alkyl halides is 3. The first-order valence-corrected chi connectivity index (χ1v) is 13.2. The van der Waals surface area contributed by atoms with Crippen LogP contribution in [0.3, 0.4) is 0 Å². The normalized spacial score (nSPS) is 17.1. The number of carbonyl (C=O) groups excluding carboxylic acids is 2. The molecule has 3 aromatic carbocycles. The number of aliphatic imine (C=N–C) groups is 1. The first kappa shape index (κ1) is 28.3. The number of nitrogens with one attached hydrogen (secondary N) is 1. The van der Waals surface area contributed by atoms with Crippen LogP contribution in [-0.2, 0) is 22.2 Å². The van der Waals surface area contributed by atoms with Crippen molar-refractivity contribution in [2.75, 3.05) is 11.9 Å². The van der Waals surface area contributed by atoms with Crippen LogP contribution in [0.1, 0.15) is 17.5 Å². The molecule has 1 saturated heterocycles. The van der Waals surface area contributed by atoms with Gasteiger partial charge in [-0.1, -0.05) is 64.8 Å². The van der Waals surface area contributed by atoms with Gasteiger partial charge in [0.15, 0.2) is 5.17 Å². The second-order valence-corrected chi connectivity index (χ2v) is 10.8. The molecule has 0 saturated carbocycles. The van der Waals surface area contributed by atoms with E-state index in [9.17, 15) is 22.8 Å². The van der Waals surface area contributed by atoms with E-state index in [4.69, 9.17) is 34.8 Å². The van der Waals surface area contributed by atoms with Gasteiger partial charge in [0.1, 0.15) is 5.25 Å². The lowest BCUT2D eigenvalue weighted by Gasteiger charge is -2.32. The molecule has 1 aliphatic heterocycles. The summed E-state index contributed by atoms with van der Waals surface area (Å²) in [7, 11) is 0. The van der Waals surface area contributed by atoms with Gasteiger partial charge in [0, 0.05) is 33.7 Å². The zero-order chi connectivity index (χ0) is 27.4. The summed E-state index contributed by atoms with van der Waals surface area (Å²) in [4.78, 5) is 32.0. The number of nitrogens with zero attached hydrogens (tertiary/aromatic N) is 2. The summed E-state index contributed by atoms with van der Waals surface area (Å²) in [6.07, 6.45) is -4.24. The summed E-state index contributed by atoms with van der Waals surface area (Å²) in [5.74, 6) is -0.872. The van der Waals surface area contributed by atoms with Gasteiger partial charge in [-0.25, -0.2) is 4.99 Å². The van der Waals surface area contributed by atoms with Gasteiger partial charge in [0.25, 0.3) is 0 Å². The second kappa shape index (κ2) is 12.0. The summed E-state index contributed by atoms with van der Waals surface area (Å²) in [5.41, 5.74) is 0.394. The van der Waals surface area contributed by atoms with Crippen LogP contribution in [0.5, 0.6) is 0 Å². The maximum absolute atomic E-state index is 13.3. The topological polar surface area (TPSA) is 61.8 Å². The smallest absolute Gasteiger partial charge is 0.325 e. The average Bonchev–Trinajstić information content (AvgIpc) is 2.83. The molecule has 38 heavy (non-hydrogen) atoms. The molecule has 2 amide bonds. The maximum Gasteiger partial charge on any atom is 0.416 e. The Bertz CT molecular complexity index is 1360. The van der Waals surface area contributed by atoms with E-state index in [1.165, 1.54) is 35.2 Å². The molecule has 198 valence electrons. The van der Waals surface area contributed by atoms with Crippen LogP contribution in [0.15, 0.2) is 71.7 Å². The largest absolute Gasteiger partial charge is 0.416 e. The van der Waals surface area contributed by atoms with Crippen LogP contribution in [0.25, 0.3) is 0 Å². The Morgan fingerprint density at radius 1 is 1.00 bits per heavy atom. The van der Waals surface area contributed by atoms with Crippen molar-refractivity contribution in [1.29, 1.82) is 0 Å². The highest BCUT2D eigenvalue weighted by atomic mass is 35.5. The number of halogens is 6. The lowest BCUT2D eigenvalue weighted by molar-refractivity contribution is -0.137. The molecule has 5 nitrogen and oxygen atoms in total. The number of thioether (sulfide) groups is 1. The van der Waals surface area contributed by atoms with Gasteiger partial charge in [-0.2, -0.15) is 13.2 Å². The number of carbonyl (C=O) groups is 2. The zero-order valence-corrected chi connectivity index (χ0v) is 22.5. The molecule has 1 fully saturated rings. The molecule has 12 heteroatoms. The van der Waals surface area contributed by atoms with Crippen molar-refractivity contribution in [2.24, 2.45) is 4.99 Å². The average molecular weight is 601 g/mol. The Hall–Kier alpha value is -2.72. The number of hydrogen-bond acceptors (Lipinski definition) is 4. The van der Waals surface area contributed by atoms with Crippen LogP contribution in [0.4, 0.5) is 24.5 Å². The fourth-order valence-electron chi connectivity index (χ4n) is 3.66. The Morgan fingerprint density at radius 3 is 2.34 bits per heavy atom. The standard InChI is InChI=1S/C26H19Cl3F3N3O2S/c27-17-6-4-15(5-7-17)8-9-35-23(36)14-22(24(37)33-21-12-18(28)11-19(29)13-21)38-25(35)34-20-3-1-2-16(10-20)26(30,31)32/h1-7,10-13,22H,8-9,14H2,(H,33,37). The van der Waals surface area contributed by atoms with Gasteiger partial charge < -0.3 is 5.32 Å². The van der Waals surface area contributed by atoms with Crippen molar-refractivity contribution in [3.05, 3.63) is 92.9 Å². The number of amidine groups is 1. The molecular formula is C26H19Cl3F3N3O2S. The highest BCUT2D eigenvalue weighted by Crippen LogP contribution is 2.34. The number of hydrogen-bond donors (Lipinski definition) is 1. The second-order valence-electron chi connectivity index (χ2n) is 8.32. The van der Waals surface area contributed by atoms with E-state index in [0.717, 1.165) is 29.5 Å². The predicted molar refractivity (Wildman–Crippen MR) is 146 cm³/mol. The number of rotatable bonds is 6. The molecule has 1 aliphatic rings. The summed E-state index contributed by atoms with van der Waals surface area (Å²) >= 11 is 19.0. The Labute approximate surface area is 236 Å². The fourth-order valence-corrected chi connectivity index (χ4v) is 5.44. The van der Waals surface area contributed by atoms with Crippen molar-refractivity contribution in [3.8, 4) is 0 Å². The summed E-state index contributed by atoms with van der Waals surface area (Å²) in [5, 5.41) is 3.14. The molecule has 1 heterocycles. The highest BCUT2D eigenvalue weighted by molar-refractivity contribution is 8.15. The molecule has 0 aromatic heterocycles. The van der Waals surface area contributed by atoms with Crippen molar-refractivity contribution in [1.82, 2.24) is 4.90 Å². The number of benzene rings is 3. The third-order valence-electron chi connectivity index (χ3n) is 5.50. The van der Waals surface area contributed by atoms with Crippen molar-refractivity contribution in [3.63, 3.8) is 0 Å². The molecule has 0 aliphatic carbocycles. The van der Waals surface area contributed by atoms with Crippen LogP contribution in [-0.4, -0.2) is 33.7 Å². The minimum Gasteiger partial charge on any atom is -0.325 e. The van der Waals surface area contributed by atoms with E-state index in [1.807, 2.05) is 12.1 Å². The van der Waals surface area contributed by atoms with E-state index in [-0.39, 0.29) is 29.7 Å². The van der Waals surface area contributed by atoms with E-state index >= 15 is 0 Å². The molecule has 0 bridgehead atoms. The molecule has 1 unspecified atom stereocenters. The minimum absolute atomic E-state index is 0.00861. The molecule has 1 atom stereocenters. The third kappa shape index (κ3) is 7.44. The van der Waals surface area contributed by atoms with Crippen molar-refractivity contribution < 1.29 is 22.8 Å². The summed E-state index contributed by atoms with van der Waals surface area (Å²) in [6.45, 7) is 0.212. The van der Waals surface area contributed by atoms with Crippen LogP contribution in [0.2, 0.25) is 15.1 Å². The zero-order valence-electron chi connectivity index (χ0n) is 19.4. The van der Waals surface area contributed by atoms with Gasteiger partial charge in [-0.15, -0.1) is 0 Å². The minimum atomic E-state index is -4.55. The van der Waals surface area contributed by atoms with Crippen LogP contribution >= 0.6 is 46.6 Å². The summed E-state index contributed by atoms with van der Waals surface area (Å²) < 4.78 is 39.8. The third-order valence-corrected chi connectivity index (χ3v) is 7.37. The van der Waals surface area contributed by atoms with Crippen LogP contribution in [0, 0.1) is 0 Å². The molecule has 4 rings (SSSR count). The van der Waals surface area contributed by atoms with Gasteiger partial charge in [-0.05, 0) is 60.5 Å². The van der Waals surface area contributed by atoms with E-state index in [1.54, 1.807) is 12.1 Å². The number of amides is 2. The summed E-state index contributed by atoms with van der Waals surface area (Å²) in [6, 6.07) is 16.1. The number of anilines is 1. The quantitative estimate of drug-likeness (QED) is 0.313. The molecule has 1 N–H and O–H groups in total. The lowest BCUT2D eigenvalue weighted by atomic mass is 10.1. The highest BCUT2D eigenvalue weighted by Gasteiger charge is 2.36. The maximum atomic E-state index is 13.3. The van der Waals surface area contributed by atoms with Gasteiger partial charge >= 0.3 is 6.18 Å². The molecular weight excluding hydrogens is 582 g/mol. The first-order chi connectivity index (χ1) is 18.0. The monoisotopic (exact) mass is 599 g/mol. The lowest BCUT2D eigenvalue weighted by Crippen LogP contribution is -2.46. The predicted octanol–water partition coefficient (Wildman–Crippen LogP) is 7.87. The Morgan fingerprint density at radius 2 is 1.68 bits per heavy atom. The van der Waals surface area contributed by atoms with Crippen LogP contribution < -0.4 is 5.32 Å². The van der Waals surface area contributed by atoms with Crippen molar-refractivity contribution in [2.45, 2.75) is 24.3 Å². The van der Waals surface area contributed by atoms with Gasteiger partial charge in [-0.3, -0.25) is 14.5 Å². The van der Waals surface area contributed by atoms with Gasteiger partial charge in [0.2, 0.25) is 11.8 Å². The van der Waals surface area contributed by atoms with E-state index in [2.05, 4.69) is 10.3 Å². The van der Waals surface area contributed by atoms with Crippen molar-refractivity contribution >= 4 is 74.9 Å². The molecule has 3 aromatic rings. The Balaban J connectivity index is 1.60. The molecule has 0 radical (unpaired) electrons. The van der Waals surface area contributed by atoms with Gasteiger partial charge in [0.05, 0.1) is 11.3 Å². The van der Waals surface area contributed by atoms with E-state index < -0.39 is 22.9 Å². The SMILES string of the molecule is O=C(Nc1cc(Cl)cc(Cl)c1)C1CC(=O)N(CCc2ccc(Cl)cc2)C(=Nc2cccc(C(F)(F)F)c2)S1. The first-order valence-electron chi connectivity index (χ1n) is 11.2.